The summed E-state index contributed by atoms with van der Waals surface area (Å²) in [6.45, 7) is 25.5. The normalized spacial score (nSPS) is 18.8. The van der Waals surface area contributed by atoms with Crippen molar-refractivity contribution in [3.05, 3.63) is 195 Å². The smallest absolute Gasteiger partial charge is 0.304 e. The van der Waals surface area contributed by atoms with E-state index in [-0.39, 0.29) is 53.6 Å². The third-order valence-electron chi connectivity index (χ3n) is 13.9. The van der Waals surface area contributed by atoms with Gasteiger partial charge in [-0.25, -0.2) is 0 Å². The molecule has 0 radical (unpaired) electrons. The van der Waals surface area contributed by atoms with E-state index >= 15 is 0 Å². The molecule has 6 aromatic rings. The van der Waals surface area contributed by atoms with E-state index < -0.39 is 5.54 Å². The zero-order valence-electron chi connectivity index (χ0n) is 36.2. The van der Waals surface area contributed by atoms with Crippen LogP contribution >= 0.6 is 0 Å². The Balaban J connectivity index is 0.00000484. The van der Waals surface area contributed by atoms with Crippen LogP contribution in [0.15, 0.2) is 132 Å². The molecule has 3 aliphatic rings. The van der Waals surface area contributed by atoms with Gasteiger partial charge in [-0.15, -0.1) is 29.3 Å². The average Bonchev–Trinajstić information content (AvgIpc) is 3.61. The standard InChI is InChI=1S/C54H54N4.Ir/c1-50(2,3)36-27-29-55-43(32-36)44(34-19-14-12-15-20-34)49-47-46-45-40(23-18-24-42(45)52(7,8)53(47,9)10)39-26-25-37(31-41(39)48(46)57-49)54(11,35-21-16-13-17-22-35)58-33-38(28-30-56-58)51(4,5)6;/h12-19,21,23-30,32-33,44,46H,1-11H3;/q-2;+3/t44-,46?,54?;/m0./s1. The van der Waals surface area contributed by atoms with Crippen LogP contribution in [-0.4, -0.2) is 15.8 Å². The number of benzene rings is 4. The molecular weight excluding hydrogens is 897 g/mol. The fraction of sp³-hybridized carbons (Fsp3) is 0.333. The molecule has 4 aromatic carbocycles. The molecule has 0 spiro atoms. The summed E-state index contributed by atoms with van der Waals surface area (Å²) >= 11 is 0. The molecule has 0 saturated carbocycles. The molecule has 0 fully saturated rings. The molecule has 1 aliphatic heterocycles. The van der Waals surface area contributed by atoms with E-state index in [2.05, 4.69) is 178 Å². The molecule has 2 aromatic heterocycles. The molecule has 3 heterocycles. The number of nitrogens with zero attached hydrogens (tertiary/aromatic N) is 4. The first-order valence-corrected chi connectivity index (χ1v) is 20.8. The van der Waals surface area contributed by atoms with Crippen LogP contribution in [0.5, 0.6) is 0 Å². The Morgan fingerprint density at radius 2 is 1.41 bits per heavy atom. The van der Waals surface area contributed by atoms with Crippen LogP contribution in [0.1, 0.15) is 138 Å². The fourth-order valence-electron chi connectivity index (χ4n) is 9.73. The van der Waals surface area contributed by atoms with Gasteiger partial charge in [-0.05, 0) is 72.9 Å². The second kappa shape index (κ2) is 14.1. The fourth-order valence-corrected chi connectivity index (χ4v) is 9.73. The zero-order valence-corrected chi connectivity index (χ0v) is 38.6. The Labute approximate surface area is 365 Å². The van der Waals surface area contributed by atoms with E-state index in [1.165, 1.54) is 39.0 Å². The van der Waals surface area contributed by atoms with Gasteiger partial charge in [0.2, 0.25) is 11.7 Å². The molecule has 0 amide bonds. The number of aromatic nitrogens is 3. The zero-order chi connectivity index (χ0) is 41.0. The quantitative estimate of drug-likeness (QED) is 0.123. The summed E-state index contributed by atoms with van der Waals surface area (Å²) in [4.78, 5) is 11.1. The van der Waals surface area contributed by atoms with Gasteiger partial charge >= 0.3 is 20.1 Å². The summed E-state index contributed by atoms with van der Waals surface area (Å²) in [5.41, 5.74) is 15.1. The third kappa shape index (κ3) is 6.26. The van der Waals surface area contributed by atoms with Crippen molar-refractivity contribution < 1.29 is 24.8 Å². The summed E-state index contributed by atoms with van der Waals surface area (Å²) in [6, 6.07) is 46.1. The van der Waals surface area contributed by atoms with E-state index in [4.69, 9.17) is 15.1 Å². The van der Waals surface area contributed by atoms with Gasteiger partial charge in [0.05, 0.1) is 11.9 Å². The van der Waals surface area contributed by atoms with Crippen molar-refractivity contribution in [2.24, 2.45) is 10.4 Å². The summed E-state index contributed by atoms with van der Waals surface area (Å²) in [7, 11) is 0. The van der Waals surface area contributed by atoms with Crippen LogP contribution in [0.3, 0.4) is 0 Å². The molecule has 2 unspecified atom stereocenters. The second-order valence-corrected chi connectivity index (χ2v) is 19.8. The Morgan fingerprint density at radius 1 is 0.695 bits per heavy atom. The van der Waals surface area contributed by atoms with E-state index in [9.17, 15) is 0 Å². The van der Waals surface area contributed by atoms with Crippen LogP contribution in [-0.2, 0) is 41.9 Å². The first kappa shape index (κ1) is 40.9. The molecule has 4 nitrogen and oxygen atoms in total. The minimum Gasteiger partial charge on any atom is -0.304 e. The van der Waals surface area contributed by atoms with Crippen LogP contribution in [0, 0.1) is 23.6 Å². The van der Waals surface area contributed by atoms with Gasteiger partial charge in [0.25, 0.3) is 0 Å². The van der Waals surface area contributed by atoms with E-state index in [0.29, 0.717) is 0 Å². The monoisotopic (exact) mass is 951 g/mol. The number of aliphatic imine (C=N–C) groups is 1. The van der Waals surface area contributed by atoms with Crippen molar-refractivity contribution >= 4 is 5.71 Å². The molecule has 298 valence electrons. The van der Waals surface area contributed by atoms with Gasteiger partial charge in [-0.2, -0.15) is 60.7 Å². The minimum absolute atomic E-state index is 0. The maximum absolute atomic E-state index is 5.93. The maximum Gasteiger partial charge on any atom is 3.00 e. The Kier molecular flexibility index (Phi) is 9.81. The van der Waals surface area contributed by atoms with Crippen LogP contribution in [0.25, 0.3) is 11.1 Å². The summed E-state index contributed by atoms with van der Waals surface area (Å²) < 4.78 is 2.11. The predicted molar refractivity (Wildman–Crippen MR) is 234 cm³/mol. The summed E-state index contributed by atoms with van der Waals surface area (Å²) in [6.07, 6.45) is 6.11. The van der Waals surface area contributed by atoms with Gasteiger partial charge in [0, 0.05) is 36.2 Å². The van der Waals surface area contributed by atoms with Gasteiger partial charge in [0.15, 0.2) is 0 Å². The number of allylic oxidation sites excluding steroid dienone is 2. The number of rotatable bonds is 6. The van der Waals surface area contributed by atoms with Crippen LogP contribution in [0.4, 0.5) is 0 Å². The largest absolute Gasteiger partial charge is 3.00 e. The molecule has 0 saturated heterocycles. The average molecular weight is 951 g/mol. The van der Waals surface area contributed by atoms with Crippen molar-refractivity contribution in [3.63, 3.8) is 0 Å². The van der Waals surface area contributed by atoms with Crippen molar-refractivity contribution in [2.45, 2.75) is 110 Å². The first-order chi connectivity index (χ1) is 27.4. The molecule has 3 atom stereocenters. The Hall–Kier alpha value is -4.83. The van der Waals surface area contributed by atoms with Crippen LogP contribution in [0.2, 0.25) is 0 Å². The molecule has 5 heteroatoms. The first-order valence-electron chi connectivity index (χ1n) is 20.8. The molecule has 0 bridgehead atoms. The van der Waals surface area contributed by atoms with Crippen molar-refractivity contribution in [2.75, 3.05) is 0 Å². The van der Waals surface area contributed by atoms with E-state index in [1.54, 1.807) is 0 Å². The van der Waals surface area contributed by atoms with Gasteiger partial charge in [-0.1, -0.05) is 114 Å². The van der Waals surface area contributed by atoms with Gasteiger partial charge < -0.3 is 4.99 Å². The molecular formula is C54H54IrN4+. The maximum atomic E-state index is 5.93. The SMILES string of the molecule is CC(C)(C)c1ccnc([C@@H](C2=C3C4C(=N2)c2[c-]c(C(C)(c5[c-]cccc5)[n+]5cc(C(C)(C)C)ccn5)ccc2-c2cccc(c24)C(C)(C)C3(C)C)c2[c-]cccc2)c1.[Ir+3]. The summed E-state index contributed by atoms with van der Waals surface area (Å²) in [5, 5.41) is 5.01. The molecule has 59 heavy (non-hydrogen) atoms. The van der Waals surface area contributed by atoms with Gasteiger partial charge in [0.1, 0.15) is 0 Å². The molecule has 9 rings (SSSR count). The second-order valence-electron chi connectivity index (χ2n) is 19.8. The Bertz CT molecular complexity index is 2660. The van der Waals surface area contributed by atoms with E-state index in [0.717, 1.165) is 39.4 Å². The van der Waals surface area contributed by atoms with Gasteiger partial charge in [-0.3, -0.25) is 4.98 Å². The van der Waals surface area contributed by atoms with Crippen molar-refractivity contribution in [1.29, 1.82) is 0 Å². The number of hydrogen-bond acceptors (Lipinski definition) is 3. The van der Waals surface area contributed by atoms with E-state index in [1.807, 2.05) is 36.7 Å². The minimum atomic E-state index is -0.718. The van der Waals surface area contributed by atoms with Crippen molar-refractivity contribution in [3.8, 4) is 11.1 Å². The molecule has 0 N–H and O–H groups in total. The van der Waals surface area contributed by atoms with Crippen LogP contribution < -0.4 is 4.68 Å². The topological polar surface area (TPSA) is 42.0 Å². The summed E-state index contributed by atoms with van der Waals surface area (Å²) in [5.74, 6) is -0.235. The Morgan fingerprint density at radius 3 is 2.08 bits per heavy atom. The number of pyridine rings is 1. The van der Waals surface area contributed by atoms with Crippen molar-refractivity contribution in [1.82, 2.24) is 10.1 Å². The third-order valence-corrected chi connectivity index (χ3v) is 13.9. The predicted octanol–water partition coefficient (Wildman–Crippen LogP) is 11.5. The number of hydrogen-bond donors (Lipinski definition) is 0. The molecule has 2 aliphatic carbocycles. The number of fused-ring (bicyclic) bond motifs is 3.